The summed E-state index contributed by atoms with van der Waals surface area (Å²) >= 11 is 0. The van der Waals surface area contributed by atoms with Crippen LogP contribution in [0, 0.1) is 17.0 Å². The van der Waals surface area contributed by atoms with Crippen LogP contribution in [0.25, 0.3) is 0 Å². The SMILES string of the molecule is Cc1cc(NC(C)c2ccccc2O)ccc1[N+](=O)[O-]. The van der Waals surface area contributed by atoms with E-state index >= 15 is 0 Å². The number of nitrogens with zero attached hydrogens (tertiary/aromatic N) is 1. The minimum Gasteiger partial charge on any atom is -0.508 e. The Hall–Kier alpha value is -2.56. The van der Waals surface area contributed by atoms with Gasteiger partial charge in [-0.05, 0) is 32.0 Å². The molecule has 0 aromatic heterocycles. The summed E-state index contributed by atoms with van der Waals surface area (Å²) in [6.45, 7) is 3.62. The number of benzene rings is 2. The van der Waals surface area contributed by atoms with E-state index in [0.717, 1.165) is 11.3 Å². The molecule has 2 aromatic rings. The van der Waals surface area contributed by atoms with Crippen molar-refractivity contribution in [2.45, 2.75) is 19.9 Å². The topological polar surface area (TPSA) is 75.4 Å². The fourth-order valence-electron chi connectivity index (χ4n) is 2.13. The zero-order valence-electron chi connectivity index (χ0n) is 11.3. The normalized spacial score (nSPS) is 11.9. The van der Waals surface area contributed by atoms with Gasteiger partial charge in [0.05, 0.1) is 11.0 Å². The van der Waals surface area contributed by atoms with Gasteiger partial charge in [-0.2, -0.15) is 0 Å². The summed E-state index contributed by atoms with van der Waals surface area (Å²) in [5.41, 5.74) is 2.27. The average Bonchev–Trinajstić information content (AvgIpc) is 2.38. The number of nitrogens with one attached hydrogen (secondary N) is 1. The molecule has 0 aliphatic rings. The predicted octanol–water partition coefficient (Wildman–Crippen LogP) is 3.78. The Morgan fingerprint density at radius 3 is 2.55 bits per heavy atom. The van der Waals surface area contributed by atoms with Crippen LogP contribution in [0.5, 0.6) is 5.75 Å². The maximum atomic E-state index is 10.8. The van der Waals surface area contributed by atoms with Gasteiger partial charge in [-0.3, -0.25) is 10.1 Å². The molecule has 2 rings (SSSR count). The smallest absolute Gasteiger partial charge is 0.272 e. The second-order valence-corrected chi connectivity index (χ2v) is 4.68. The fraction of sp³-hybridized carbons (Fsp3) is 0.200. The monoisotopic (exact) mass is 272 g/mol. The molecule has 2 aromatic carbocycles. The van der Waals surface area contributed by atoms with Crippen molar-refractivity contribution in [1.29, 1.82) is 0 Å². The molecule has 5 nitrogen and oxygen atoms in total. The lowest BCUT2D eigenvalue weighted by Crippen LogP contribution is -2.07. The van der Waals surface area contributed by atoms with Crippen molar-refractivity contribution < 1.29 is 10.0 Å². The molecule has 2 N–H and O–H groups in total. The third-order valence-corrected chi connectivity index (χ3v) is 3.18. The second-order valence-electron chi connectivity index (χ2n) is 4.68. The molecule has 0 bridgehead atoms. The number of phenols is 1. The molecule has 0 saturated heterocycles. The molecule has 0 saturated carbocycles. The minimum absolute atomic E-state index is 0.0999. The number of nitro benzene ring substituents is 1. The summed E-state index contributed by atoms with van der Waals surface area (Å²) in [7, 11) is 0. The maximum Gasteiger partial charge on any atom is 0.272 e. The highest BCUT2D eigenvalue weighted by Gasteiger charge is 2.13. The van der Waals surface area contributed by atoms with E-state index in [4.69, 9.17) is 0 Å². The van der Waals surface area contributed by atoms with Crippen molar-refractivity contribution in [3.05, 3.63) is 63.7 Å². The second kappa shape index (κ2) is 5.61. The number of aromatic hydroxyl groups is 1. The molecule has 0 fully saturated rings. The number of anilines is 1. The van der Waals surface area contributed by atoms with Crippen molar-refractivity contribution in [2.75, 3.05) is 5.32 Å². The van der Waals surface area contributed by atoms with Crippen molar-refractivity contribution in [1.82, 2.24) is 0 Å². The van der Waals surface area contributed by atoms with Crippen LogP contribution < -0.4 is 5.32 Å². The number of hydrogen-bond acceptors (Lipinski definition) is 4. The van der Waals surface area contributed by atoms with E-state index in [0.29, 0.717) is 5.56 Å². The Kier molecular flexibility index (Phi) is 3.89. The Morgan fingerprint density at radius 1 is 1.25 bits per heavy atom. The first kappa shape index (κ1) is 13.9. The van der Waals surface area contributed by atoms with Gasteiger partial charge in [0.1, 0.15) is 5.75 Å². The van der Waals surface area contributed by atoms with Gasteiger partial charge in [0.25, 0.3) is 5.69 Å². The molecule has 5 heteroatoms. The minimum atomic E-state index is -0.397. The van der Waals surface area contributed by atoms with Crippen molar-refractivity contribution in [2.24, 2.45) is 0 Å². The van der Waals surface area contributed by atoms with Gasteiger partial charge in [-0.25, -0.2) is 0 Å². The van der Waals surface area contributed by atoms with Gasteiger partial charge in [0.15, 0.2) is 0 Å². The highest BCUT2D eigenvalue weighted by molar-refractivity contribution is 5.55. The average molecular weight is 272 g/mol. The molecule has 0 amide bonds. The molecule has 0 spiro atoms. The van der Waals surface area contributed by atoms with Gasteiger partial charge < -0.3 is 10.4 Å². The van der Waals surface area contributed by atoms with E-state index in [1.165, 1.54) is 6.07 Å². The lowest BCUT2D eigenvalue weighted by molar-refractivity contribution is -0.385. The molecule has 0 aliphatic heterocycles. The Morgan fingerprint density at radius 2 is 1.95 bits per heavy atom. The largest absolute Gasteiger partial charge is 0.508 e. The number of nitro groups is 1. The molecular weight excluding hydrogens is 256 g/mol. The third-order valence-electron chi connectivity index (χ3n) is 3.18. The summed E-state index contributed by atoms with van der Waals surface area (Å²) in [4.78, 5) is 10.4. The zero-order chi connectivity index (χ0) is 14.7. The summed E-state index contributed by atoms with van der Waals surface area (Å²) in [5, 5.41) is 23.8. The van der Waals surface area contributed by atoms with Crippen LogP contribution in [0.15, 0.2) is 42.5 Å². The molecule has 0 radical (unpaired) electrons. The van der Waals surface area contributed by atoms with Crippen molar-refractivity contribution in [3.8, 4) is 5.75 Å². The fourth-order valence-corrected chi connectivity index (χ4v) is 2.13. The van der Waals surface area contributed by atoms with E-state index in [-0.39, 0.29) is 17.5 Å². The summed E-state index contributed by atoms with van der Waals surface area (Å²) in [6, 6.07) is 11.9. The highest BCUT2D eigenvalue weighted by Crippen LogP contribution is 2.28. The summed E-state index contributed by atoms with van der Waals surface area (Å²) in [5.74, 6) is 0.228. The van der Waals surface area contributed by atoms with E-state index in [1.807, 2.05) is 19.1 Å². The van der Waals surface area contributed by atoms with Crippen molar-refractivity contribution in [3.63, 3.8) is 0 Å². The molecule has 0 aliphatic carbocycles. The predicted molar refractivity (Wildman–Crippen MR) is 78.0 cm³/mol. The van der Waals surface area contributed by atoms with Gasteiger partial charge in [-0.1, -0.05) is 18.2 Å². The van der Waals surface area contributed by atoms with E-state index in [1.54, 1.807) is 31.2 Å². The van der Waals surface area contributed by atoms with Crippen LogP contribution in [0.1, 0.15) is 24.1 Å². The molecular formula is C15H16N2O3. The first-order chi connectivity index (χ1) is 9.49. The zero-order valence-corrected chi connectivity index (χ0v) is 11.3. The lowest BCUT2D eigenvalue weighted by Gasteiger charge is -2.17. The van der Waals surface area contributed by atoms with E-state index < -0.39 is 4.92 Å². The Bertz CT molecular complexity index is 641. The highest BCUT2D eigenvalue weighted by atomic mass is 16.6. The molecule has 0 heterocycles. The Balaban J connectivity index is 2.20. The number of para-hydroxylation sites is 1. The van der Waals surface area contributed by atoms with Gasteiger partial charge in [-0.15, -0.1) is 0 Å². The molecule has 20 heavy (non-hydrogen) atoms. The number of rotatable bonds is 4. The Labute approximate surface area is 117 Å². The van der Waals surface area contributed by atoms with Crippen LogP contribution >= 0.6 is 0 Å². The maximum absolute atomic E-state index is 10.8. The van der Waals surface area contributed by atoms with E-state index in [9.17, 15) is 15.2 Å². The summed E-state index contributed by atoms with van der Waals surface area (Å²) in [6.07, 6.45) is 0. The first-order valence-electron chi connectivity index (χ1n) is 6.28. The molecule has 1 unspecified atom stereocenters. The number of aryl methyl sites for hydroxylation is 1. The van der Waals surface area contributed by atoms with Crippen LogP contribution in [0.3, 0.4) is 0 Å². The van der Waals surface area contributed by atoms with Gasteiger partial charge in [0.2, 0.25) is 0 Å². The third kappa shape index (κ3) is 2.88. The molecule has 1 atom stereocenters. The van der Waals surface area contributed by atoms with Crippen LogP contribution in [-0.4, -0.2) is 10.0 Å². The lowest BCUT2D eigenvalue weighted by atomic mass is 10.1. The van der Waals surface area contributed by atoms with Gasteiger partial charge in [0, 0.05) is 22.9 Å². The van der Waals surface area contributed by atoms with Crippen molar-refractivity contribution >= 4 is 11.4 Å². The number of phenolic OH excluding ortho intramolecular Hbond substituents is 1. The molecule has 104 valence electrons. The van der Waals surface area contributed by atoms with Gasteiger partial charge >= 0.3 is 0 Å². The quantitative estimate of drug-likeness (QED) is 0.656. The van der Waals surface area contributed by atoms with E-state index in [2.05, 4.69) is 5.32 Å². The van der Waals surface area contributed by atoms with Crippen LogP contribution in [0.2, 0.25) is 0 Å². The summed E-state index contributed by atoms with van der Waals surface area (Å²) < 4.78 is 0. The number of hydrogen-bond donors (Lipinski definition) is 2. The van der Waals surface area contributed by atoms with Crippen LogP contribution in [0.4, 0.5) is 11.4 Å². The van der Waals surface area contributed by atoms with Crippen LogP contribution in [-0.2, 0) is 0 Å². The standard InChI is InChI=1S/C15H16N2O3/c1-10-9-12(7-8-14(10)17(19)20)16-11(2)13-5-3-4-6-15(13)18/h3-9,11,16,18H,1-2H3. The first-order valence-corrected chi connectivity index (χ1v) is 6.28.